The van der Waals surface area contributed by atoms with E-state index < -0.39 is 17.3 Å². The van der Waals surface area contributed by atoms with Crippen molar-refractivity contribution in [1.29, 1.82) is 0 Å². The molecule has 1 unspecified atom stereocenters. The number of nitrogens with one attached hydrogen (secondary N) is 1. The van der Waals surface area contributed by atoms with Crippen molar-refractivity contribution < 1.29 is 13.9 Å². The molecular weight excluding hydrogens is 410 g/mol. The Kier molecular flexibility index (Phi) is 5.93. The summed E-state index contributed by atoms with van der Waals surface area (Å²) in [4.78, 5) is 39.9. The lowest BCUT2D eigenvalue weighted by Crippen LogP contribution is -2.44. The number of benzene rings is 2. The fourth-order valence-corrected chi connectivity index (χ4v) is 3.73. The molecule has 2 aromatic carbocycles. The summed E-state index contributed by atoms with van der Waals surface area (Å²) in [6.07, 6.45) is 1.89. The van der Waals surface area contributed by atoms with Crippen LogP contribution in [0.3, 0.4) is 0 Å². The standard InChI is InChI=1S/C24H23N3O5/c1-3-20(22(28)25-15-18-7-6-14-32-18)27-21-9-5-4-8-19(21)23(29)26(24(27)30)16-10-12-17(31-2)13-11-16/h4-14,20H,3,15H2,1-2H3,(H,25,28). The summed E-state index contributed by atoms with van der Waals surface area (Å²) in [7, 11) is 1.54. The van der Waals surface area contributed by atoms with Gasteiger partial charge in [-0.25, -0.2) is 9.36 Å². The SMILES string of the molecule is CCC(C(=O)NCc1ccco1)n1c(=O)n(-c2ccc(OC)cc2)c(=O)c2ccccc21. The first-order valence-corrected chi connectivity index (χ1v) is 10.3. The predicted octanol–water partition coefficient (Wildman–Crippen LogP) is 3.02. The number of methoxy groups -OCH3 is 1. The lowest BCUT2D eigenvalue weighted by Gasteiger charge is -2.21. The summed E-state index contributed by atoms with van der Waals surface area (Å²) >= 11 is 0. The normalized spacial score (nSPS) is 11.9. The zero-order chi connectivity index (χ0) is 22.7. The van der Waals surface area contributed by atoms with E-state index in [1.54, 1.807) is 60.7 Å². The van der Waals surface area contributed by atoms with E-state index in [1.807, 2.05) is 6.92 Å². The number of hydrogen-bond donors (Lipinski definition) is 1. The number of rotatable bonds is 7. The Labute approximate surface area is 183 Å². The molecule has 1 N–H and O–H groups in total. The number of carbonyl (C=O) groups excluding carboxylic acids is 1. The summed E-state index contributed by atoms with van der Waals surface area (Å²) in [5, 5.41) is 3.17. The van der Waals surface area contributed by atoms with Gasteiger partial charge in [-0.05, 0) is 55.0 Å². The van der Waals surface area contributed by atoms with E-state index in [-0.39, 0.29) is 12.5 Å². The summed E-state index contributed by atoms with van der Waals surface area (Å²) in [6, 6.07) is 16.1. The van der Waals surface area contributed by atoms with Gasteiger partial charge in [0.1, 0.15) is 17.6 Å². The Morgan fingerprint density at radius 3 is 2.47 bits per heavy atom. The minimum Gasteiger partial charge on any atom is -0.497 e. The van der Waals surface area contributed by atoms with Crippen LogP contribution in [-0.2, 0) is 11.3 Å². The molecular formula is C24H23N3O5. The van der Waals surface area contributed by atoms with E-state index in [0.717, 1.165) is 4.57 Å². The number of fused-ring (bicyclic) bond motifs is 1. The smallest absolute Gasteiger partial charge is 0.336 e. The molecule has 4 aromatic rings. The van der Waals surface area contributed by atoms with Gasteiger partial charge in [-0.2, -0.15) is 0 Å². The second-order valence-electron chi connectivity index (χ2n) is 7.23. The van der Waals surface area contributed by atoms with Crippen LogP contribution in [0.15, 0.2) is 80.9 Å². The Balaban J connectivity index is 1.86. The molecule has 0 saturated carbocycles. The van der Waals surface area contributed by atoms with Crippen molar-refractivity contribution in [3.8, 4) is 11.4 Å². The van der Waals surface area contributed by atoms with Crippen LogP contribution in [0.4, 0.5) is 0 Å². The van der Waals surface area contributed by atoms with Crippen LogP contribution in [0.1, 0.15) is 25.1 Å². The van der Waals surface area contributed by atoms with Crippen LogP contribution in [0.25, 0.3) is 16.6 Å². The van der Waals surface area contributed by atoms with Crippen molar-refractivity contribution in [3.05, 3.63) is 93.5 Å². The van der Waals surface area contributed by atoms with Crippen LogP contribution in [0, 0.1) is 0 Å². The van der Waals surface area contributed by atoms with Crippen molar-refractivity contribution in [1.82, 2.24) is 14.5 Å². The first kappa shape index (κ1) is 21.2. The van der Waals surface area contributed by atoms with Crippen molar-refractivity contribution in [2.45, 2.75) is 25.9 Å². The summed E-state index contributed by atoms with van der Waals surface area (Å²) in [5.74, 6) is 0.872. The molecule has 0 bridgehead atoms. The Morgan fingerprint density at radius 2 is 1.81 bits per heavy atom. The van der Waals surface area contributed by atoms with Crippen molar-refractivity contribution in [2.75, 3.05) is 7.11 Å². The molecule has 0 aliphatic rings. The minimum absolute atomic E-state index is 0.202. The number of aromatic nitrogens is 2. The largest absolute Gasteiger partial charge is 0.497 e. The molecule has 1 atom stereocenters. The second kappa shape index (κ2) is 8.97. The number of amides is 1. The van der Waals surface area contributed by atoms with Crippen LogP contribution >= 0.6 is 0 Å². The minimum atomic E-state index is -0.813. The van der Waals surface area contributed by atoms with Crippen LogP contribution in [0.2, 0.25) is 0 Å². The van der Waals surface area contributed by atoms with Gasteiger partial charge in [0.05, 0.1) is 36.5 Å². The van der Waals surface area contributed by atoms with E-state index in [0.29, 0.717) is 34.5 Å². The van der Waals surface area contributed by atoms with E-state index in [2.05, 4.69) is 5.32 Å². The average Bonchev–Trinajstić information content (AvgIpc) is 3.34. The first-order chi connectivity index (χ1) is 15.5. The highest BCUT2D eigenvalue weighted by Gasteiger charge is 2.25. The molecule has 2 heterocycles. The summed E-state index contributed by atoms with van der Waals surface area (Å²) < 4.78 is 12.9. The van der Waals surface area contributed by atoms with Crippen LogP contribution < -0.4 is 21.3 Å². The molecule has 164 valence electrons. The number of carbonyl (C=O) groups is 1. The number of nitrogens with zero attached hydrogens (tertiary/aromatic N) is 2. The highest BCUT2D eigenvalue weighted by molar-refractivity contribution is 5.84. The molecule has 32 heavy (non-hydrogen) atoms. The molecule has 2 aromatic heterocycles. The van der Waals surface area contributed by atoms with Gasteiger partial charge >= 0.3 is 5.69 Å². The monoisotopic (exact) mass is 433 g/mol. The molecule has 0 spiro atoms. The maximum absolute atomic E-state index is 13.6. The Morgan fingerprint density at radius 1 is 1.06 bits per heavy atom. The van der Waals surface area contributed by atoms with E-state index in [1.165, 1.54) is 17.9 Å². The quantitative estimate of drug-likeness (QED) is 0.483. The Bertz CT molecular complexity index is 1350. The summed E-state index contributed by atoms with van der Waals surface area (Å²) in [6.45, 7) is 2.02. The van der Waals surface area contributed by atoms with E-state index in [4.69, 9.17) is 9.15 Å². The van der Waals surface area contributed by atoms with Crippen LogP contribution in [-0.4, -0.2) is 22.2 Å². The van der Waals surface area contributed by atoms with Gasteiger partial charge in [0, 0.05) is 0 Å². The van der Waals surface area contributed by atoms with Gasteiger partial charge in [0.2, 0.25) is 5.91 Å². The zero-order valence-corrected chi connectivity index (χ0v) is 17.8. The number of furan rings is 1. The zero-order valence-electron chi connectivity index (χ0n) is 17.8. The van der Waals surface area contributed by atoms with Crippen molar-refractivity contribution in [3.63, 3.8) is 0 Å². The molecule has 1 amide bonds. The fourth-order valence-electron chi connectivity index (χ4n) is 3.73. The van der Waals surface area contributed by atoms with Crippen molar-refractivity contribution in [2.24, 2.45) is 0 Å². The first-order valence-electron chi connectivity index (χ1n) is 10.3. The van der Waals surface area contributed by atoms with Gasteiger partial charge in [-0.15, -0.1) is 0 Å². The molecule has 0 fully saturated rings. The van der Waals surface area contributed by atoms with E-state index >= 15 is 0 Å². The number of hydrogen-bond acceptors (Lipinski definition) is 5. The second-order valence-corrected chi connectivity index (χ2v) is 7.23. The van der Waals surface area contributed by atoms with Gasteiger partial charge in [-0.3, -0.25) is 14.2 Å². The lowest BCUT2D eigenvalue weighted by atomic mass is 10.1. The molecule has 4 rings (SSSR count). The molecule has 0 saturated heterocycles. The van der Waals surface area contributed by atoms with Gasteiger partial charge in [-0.1, -0.05) is 19.1 Å². The van der Waals surface area contributed by atoms with Gasteiger partial charge in [0.25, 0.3) is 5.56 Å². The average molecular weight is 433 g/mol. The number of para-hydroxylation sites is 1. The predicted molar refractivity (Wildman–Crippen MR) is 120 cm³/mol. The van der Waals surface area contributed by atoms with E-state index in [9.17, 15) is 14.4 Å². The van der Waals surface area contributed by atoms with Gasteiger partial charge < -0.3 is 14.5 Å². The molecule has 8 heteroatoms. The molecule has 0 radical (unpaired) electrons. The highest BCUT2D eigenvalue weighted by atomic mass is 16.5. The fraction of sp³-hybridized carbons (Fsp3) is 0.208. The maximum atomic E-state index is 13.6. The third-order valence-corrected chi connectivity index (χ3v) is 5.34. The molecule has 0 aliphatic heterocycles. The maximum Gasteiger partial charge on any atom is 0.336 e. The highest BCUT2D eigenvalue weighted by Crippen LogP contribution is 2.19. The summed E-state index contributed by atoms with van der Waals surface area (Å²) in [5.41, 5.74) is -0.227. The molecule has 8 nitrogen and oxygen atoms in total. The Hall–Kier alpha value is -4.07. The van der Waals surface area contributed by atoms with Gasteiger partial charge in [0.15, 0.2) is 0 Å². The van der Waals surface area contributed by atoms with Crippen molar-refractivity contribution >= 4 is 16.8 Å². The lowest BCUT2D eigenvalue weighted by molar-refractivity contribution is -0.124. The van der Waals surface area contributed by atoms with Crippen LogP contribution in [0.5, 0.6) is 5.75 Å². The third kappa shape index (κ3) is 3.82. The number of ether oxygens (including phenoxy) is 1. The third-order valence-electron chi connectivity index (χ3n) is 5.34. The molecule has 0 aliphatic carbocycles. The topological polar surface area (TPSA) is 95.5 Å².